The summed E-state index contributed by atoms with van der Waals surface area (Å²) in [5, 5.41) is 1.22. The molecule has 2 fully saturated rings. The van der Waals surface area contributed by atoms with Gasteiger partial charge in [0.2, 0.25) is 0 Å². The number of benzene rings is 1. The van der Waals surface area contributed by atoms with Crippen molar-refractivity contribution in [1.29, 1.82) is 0 Å². The Morgan fingerprint density at radius 2 is 1.92 bits per heavy atom. The molecule has 1 atom stereocenters. The van der Waals surface area contributed by atoms with Gasteiger partial charge < -0.3 is 4.74 Å². The normalized spacial score (nSPS) is 23.8. The maximum atomic E-state index is 5.70. The van der Waals surface area contributed by atoms with Gasteiger partial charge in [-0.2, -0.15) is 0 Å². The van der Waals surface area contributed by atoms with E-state index in [0.29, 0.717) is 11.6 Å². The van der Waals surface area contributed by atoms with Gasteiger partial charge in [-0.1, -0.05) is 24.3 Å². The molecule has 1 aromatic heterocycles. The van der Waals surface area contributed by atoms with Gasteiger partial charge in [0.15, 0.2) is 0 Å². The first kappa shape index (κ1) is 17.9. The quantitative estimate of drug-likeness (QED) is 0.819. The summed E-state index contributed by atoms with van der Waals surface area (Å²) in [7, 11) is 2.32. The Balaban J connectivity index is 1.36. The minimum Gasteiger partial charge on any atom is -0.380 e. The van der Waals surface area contributed by atoms with E-state index in [2.05, 4.69) is 60.2 Å². The number of piperidine rings is 1. The third-order valence-electron chi connectivity index (χ3n) is 6.58. The van der Waals surface area contributed by atoms with Gasteiger partial charge in [-0.05, 0) is 51.8 Å². The Labute approximate surface area is 157 Å². The van der Waals surface area contributed by atoms with Crippen LogP contribution in [0.1, 0.15) is 38.3 Å². The Morgan fingerprint density at radius 1 is 1.12 bits per heavy atom. The van der Waals surface area contributed by atoms with Crippen LogP contribution in [0.3, 0.4) is 0 Å². The van der Waals surface area contributed by atoms with Crippen molar-refractivity contribution in [2.24, 2.45) is 0 Å². The zero-order valence-corrected chi connectivity index (χ0v) is 16.2. The van der Waals surface area contributed by atoms with Crippen LogP contribution in [0.5, 0.6) is 0 Å². The van der Waals surface area contributed by atoms with E-state index in [9.17, 15) is 0 Å². The third-order valence-corrected chi connectivity index (χ3v) is 6.58. The summed E-state index contributed by atoms with van der Waals surface area (Å²) in [6.07, 6.45) is 5.13. The predicted octanol–water partition coefficient (Wildman–Crippen LogP) is 3.70. The fourth-order valence-electron chi connectivity index (χ4n) is 4.80. The number of rotatable bonds is 5. The largest absolute Gasteiger partial charge is 0.380 e. The number of ether oxygens (including phenoxy) is 1. The number of hydrogen-bond acceptors (Lipinski definition) is 4. The van der Waals surface area contributed by atoms with Gasteiger partial charge in [0.1, 0.15) is 0 Å². The standard InChI is InChI=1S/C22H31N3O/c1-3-26-17-20-10-11-22(24(20)2)12-14-25(15-13-22)16-19-9-8-18-6-4-5-7-21(18)23-19/h4-9,20H,3,10-17H2,1-2H3/t20-/m0/s1. The average Bonchev–Trinajstić information content (AvgIpc) is 2.98. The molecular weight excluding hydrogens is 322 g/mol. The van der Waals surface area contributed by atoms with E-state index in [1.165, 1.54) is 49.9 Å². The Morgan fingerprint density at radius 3 is 2.73 bits per heavy atom. The first-order valence-electron chi connectivity index (χ1n) is 10.1. The van der Waals surface area contributed by atoms with Gasteiger partial charge in [0, 0.05) is 43.2 Å². The van der Waals surface area contributed by atoms with Gasteiger partial charge in [0.05, 0.1) is 17.8 Å². The summed E-state index contributed by atoms with van der Waals surface area (Å²) in [6, 6.07) is 13.4. The molecule has 1 aromatic carbocycles. The Kier molecular flexibility index (Phi) is 5.25. The fourth-order valence-corrected chi connectivity index (χ4v) is 4.80. The lowest BCUT2D eigenvalue weighted by Crippen LogP contribution is -2.52. The van der Waals surface area contributed by atoms with E-state index in [1.807, 2.05) is 0 Å². The number of hydrogen-bond donors (Lipinski definition) is 0. The molecule has 4 heteroatoms. The topological polar surface area (TPSA) is 28.6 Å². The molecule has 2 aromatic rings. The molecule has 0 N–H and O–H groups in total. The lowest BCUT2D eigenvalue weighted by Gasteiger charge is -2.45. The first-order chi connectivity index (χ1) is 12.7. The second-order valence-corrected chi connectivity index (χ2v) is 7.96. The van der Waals surface area contributed by atoms with E-state index < -0.39 is 0 Å². The summed E-state index contributed by atoms with van der Waals surface area (Å²) in [5.74, 6) is 0. The molecule has 0 radical (unpaired) electrons. The lowest BCUT2D eigenvalue weighted by atomic mass is 9.85. The van der Waals surface area contributed by atoms with Crippen LogP contribution in [0.15, 0.2) is 36.4 Å². The smallest absolute Gasteiger partial charge is 0.0705 e. The summed E-state index contributed by atoms with van der Waals surface area (Å²) < 4.78 is 5.70. The van der Waals surface area contributed by atoms with E-state index in [0.717, 1.165) is 25.3 Å². The molecule has 1 spiro atoms. The first-order valence-corrected chi connectivity index (χ1v) is 10.1. The van der Waals surface area contributed by atoms with Crippen LogP contribution >= 0.6 is 0 Å². The number of fused-ring (bicyclic) bond motifs is 1. The van der Waals surface area contributed by atoms with Gasteiger partial charge >= 0.3 is 0 Å². The number of likely N-dealkylation sites (tertiary alicyclic amines) is 2. The molecule has 4 rings (SSSR count). The van der Waals surface area contributed by atoms with Crippen molar-refractivity contribution >= 4 is 10.9 Å². The third kappa shape index (κ3) is 3.51. The van der Waals surface area contributed by atoms with Crippen LogP contribution in [-0.4, -0.2) is 59.7 Å². The molecule has 2 aliphatic heterocycles. The predicted molar refractivity (Wildman–Crippen MR) is 106 cm³/mol. The summed E-state index contributed by atoms with van der Waals surface area (Å²) in [4.78, 5) is 10.1. The van der Waals surface area contributed by atoms with Crippen LogP contribution in [0.4, 0.5) is 0 Å². The molecule has 2 aliphatic rings. The van der Waals surface area contributed by atoms with Crippen LogP contribution in [0.2, 0.25) is 0 Å². The minimum absolute atomic E-state index is 0.398. The molecule has 4 nitrogen and oxygen atoms in total. The summed E-state index contributed by atoms with van der Waals surface area (Å²) in [5.41, 5.74) is 2.69. The Bertz CT molecular complexity index is 739. The Hall–Kier alpha value is -1.49. The van der Waals surface area contributed by atoms with E-state index in [1.54, 1.807) is 0 Å². The van der Waals surface area contributed by atoms with Crippen molar-refractivity contribution < 1.29 is 4.74 Å². The van der Waals surface area contributed by atoms with Crippen molar-refractivity contribution in [2.75, 3.05) is 33.4 Å². The van der Waals surface area contributed by atoms with Gasteiger partial charge in [-0.25, -0.2) is 0 Å². The second kappa shape index (κ2) is 7.63. The molecule has 0 bridgehead atoms. The van der Waals surface area contributed by atoms with Crippen LogP contribution < -0.4 is 0 Å². The molecule has 0 aliphatic carbocycles. The van der Waals surface area contributed by atoms with E-state index in [4.69, 9.17) is 9.72 Å². The molecular formula is C22H31N3O. The lowest BCUT2D eigenvalue weighted by molar-refractivity contribution is 0.0203. The number of pyridine rings is 1. The van der Waals surface area contributed by atoms with Gasteiger partial charge in [0.25, 0.3) is 0 Å². The highest BCUT2D eigenvalue weighted by atomic mass is 16.5. The van der Waals surface area contributed by atoms with Crippen LogP contribution in [0, 0.1) is 0 Å². The van der Waals surface area contributed by atoms with E-state index in [-0.39, 0.29) is 0 Å². The maximum Gasteiger partial charge on any atom is 0.0705 e. The monoisotopic (exact) mass is 353 g/mol. The maximum absolute atomic E-state index is 5.70. The highest BCUT2D eigenvalue weighted by molar-refractivity contribution is 5.78. The van der Waals surface area contributed by atoms with Crippen LogP contribution in [-0.2, 0) is 11.3 Å². The van der Waals surface area contributed by atoms with Crippen molar-refractivity contribution in [3.05, 3.63) is 42.1 Å². The zero-order valence-electron chi connectivity index (χ0n) is 16.2. The SMILES string of the molecule is CCOC[C@@H]1CCC2(CCN(Cc3ccc4ccccc4n3)CC2)N1C. The average molecular weight is 354 g/mol. The van der Waals surface area contributed by atoms with Crippen LogP contribution in [0.25, 0.3) is 10.9 Å². The summed E-state index contributed by atoms with van der Waals surface area (Å²) in [6.45, 7) is 7.10. The number of para-hydroxylation sites is 1. The van der Waals surface area contributed by atoms with E-state index >= 15 is 0 Å². The molecule has 0 unspecified atom stereocenters. The molecule has 26 heavy (non-hydrogen) atoms. The van der Waals surface area contributed by atoms with Gasteiger partial charge in [-0.3, -0.25) is 14.8 Å². The summed E-state index contributed by atoms with van der Waals surface area (Å²) >= 11 is 0. The van der Waals surface area contributed by atoms with Crippen molar-refractivity contribution in [2.45, 2.75) is 50.7 Å². The van der Waals surface area contributed by atoms with Crippen molar-refractivity contribution in [3.63, 3.8) is 0 Å². The number of aromatic nitrogens is 1. The highest BCUT2D eigenvalue weighted by Gasteiger charge is 2.45. The number of likely N-dealkylation sites (N-methyl/N-ethyl adjacent to an activating group) is 1. The van der Waals surface area contributed by atoms with Crippen molar-refractivity contribution in [1.82, 2.24) is 14.8 Å². The zero-order chi connectivity index (χ0) is 18.0. The number of nitrogens with zero attached hydrogens (tertiary/aromatic N) is 3. The van der Waals surface area contributed by atoms with Crippen molar-refractivity contribution in [3.8, 4) is 0 Å². The second-order valence-electron chi connectivity index (χ2n) is 7.96. The molecule has 140 valence electrons. The minimum atomic E-state index is 0.398. The molecule has 0 saturated carbocycles. The highest BCUT2D eigenvalue weighted by Crippen LogP contribution is 2.40. The molecule has 0 amide bonds. The van der Waals surface area contributed by atoms with Gasteiger partial charge in [-0.15, -0.1) is 0 Å². The fraction of sp³-hybridized carbons (Fsp3) is 0.591. The molecule has 2 saturated heterocycles. The molecule has 3 heterocycles.